The van der Waals surface area contributed by atoms with Crippen molar-refractivity contribution in [2.75, 3.05) is 6.54 Å². The zero-order chi connectivity index (χ0) is 15.0. The highest BCUT2D eigenvalue weighted by Crippen LogP contribution is 2.29. The lowest BCUT2D eigenvalue weighted by Gasteiger charge is -2.25. The number of benzene rings is 1. The minimum atomic E-state index is -0.665. The number of hydrogen-bond acceptors (Lipinski definition) is 2. The third-order valence-corrected chi connectivity index (χ3v) is 3.70. The zero-order valence-corrected chi connectivity index (χ0v) is 11.2. The van der Waals surface area contributed by atoms with E-state index in [1.54, 1.807) is 4.90 Å². The van der Waals surface area contributed by atoms with Gasteiger partial charge in [-0.05, 0) is 18.9 Å². The van der Waals surface area contributed by atoms with Gasteiger partial charge in [0.05, 0.1) is 0 Å². The molecule has 21 heavy (non-hydrogen) atoms. The lowest BCUT2D eigenvalue weighted by molar-refractivity contribution is -0.133. The highest BCUT2D eigenvalue weighted by molar-refractivity contribution is 5.90. The standard InChI is InChI=1S/C14H15F2N3O2/c15-9-2-1-8(11(16)5-9)7-19(10-3-4-10)13(20)12-6-17-14(21)18-12/h1-2,5,10,12H,3-4,6-7H2,(H2,17,18,21)/t12-/m0/s1. The molecule has 0 bridgehead atoms. The summed E-state index contributed by atoms with van der Waals surface area (Å²) >= 11 is 0. The number of nitrogens with zero attached hydrogens (tertiary/aromatic N) is 1. The summed E-state index contributed by atoms with van der Waals surface area (Å²) in [6.45, 7) is 0.314. The van der Waals surface area contributed by atoms with Gasteiger partial charge in [0.15, 0.2) is 0 Å². The van der Waals surface area contributed by atoms with Crippen LogP contribution in [0.25, 0.3) is 0 Å². The summed E-state index contributed by atoms with van der Waals surface area (Å²) in [7, 11) is 0. The lowest BCUT2D eigenvalue weighted by Crippen LogP contribution is -2.46. The summed E-state index contributed by atoms with van der Waals surface area (Å²) in [5.74, 6) is -1.55. The summed E-state index contributed by atoms with van der Waals surface area (Å²) in [5.41, 5.74) is 0.272. The van der Waals surface area contributed by atoms with Crippen molar-refractivity contribution in [1.29, 1.82) is 0 Å². The third kappa shape index (κ3) is 2.96. The minimum Gasteiger partial charge on any atom is -0.336 e. The summed E-state index contributed by atoms with van der Waals surface area (Å²) < 4.78 is 26.7. The van der Waals surface area contributed by atoms with E-state index in [2.05, 4.69) is 10.6 Å². The SMILES string of the molecule is O=C1NC[C@@H](C(=O)N(Cc2ccc(F)cc2F)C2CC2)N1. The molecule has 2 fully saturated rings. The largest absolute Gasteiger partial charge is 0.336 e. The van der Waals surface area contributed by atoms with Crippen molar-refractivity contribution in [3.05, 3.63) is 35.4 Å². The number of carbonyl (C=O) groups is 2. The van der Waals surface area contributed by atoms with Gasteiger partial charge in [-0.25, -0.2) is 13.6 Å². The molecule has 1 saturated heterocycles. The van der Waals surface area contributed by atoms with E-state index >= 15 is 0 Å². The number of nitrogens with one attached hydrogen (secondary N) is 2. The molecular weight excluding hydrogens is 280 g/mol. The Kier molecular flexibility index (Phi) is 3.48. The molecule has 3 rings (SSSR count). The van der Waals surface area contributed by atoms with Crippen LogP contribution >= 0.6 is 0 Å². The minimum absolute atomic E-state index is 0.0689. The maximum Gasteiger partial charge on any atom is 0.315 e. The molecule has 0 radical (unpaired) electrons. The van der Waals surface area contributed by atoms with E-state index in [1.165, 1.54) is 12.1 Å². The number of urea groups is 1. The van der Waals surface area contributed by atoms with Gasteiger partial charge in [-0.1, -0.05) is 6.07 Å². The monoisotopic (exact) mass is 295 g/mol. The average molecular weight is 295 g/mol. The smallest absolute Gasteiger partial charge is 0.315 e. The molecule has 1 aliphatic carbocycles. The van der Waals surface area contributed by atoms with Gasteiger partial charge in [-0.3, -0.25) is 4.79 Å². The van der Waals surface area contributed by atoms with Gasteiger partial charge in [-0.15, -0.1) is 0 Å². The van der Waals surface area contributed by atoms with Crippen LogP contribution in [0.5, 0.6) is 0 Å². The van der Waals surface area contributed by atoms with Crippen LogP contribution in [0.1, 0.15) is 18.4 Å². The second kappa shape index (κ2) is 5.31. The summed E-state index contributed by atoms with van der Waals surface area (Å²) in [4.78, 5) is 25.1. The van der Waals surface area contributed by atoms with Crippen molar-refractivity contribution in [2.45, 2.75) is 31.5 Å². The molecule has 112 valence electrons. The third-order valence-electron chi connectivity index (χ3n) is 3.70. The number of amides is 3. The molecule has 1 atom stereocenters. The Labute approximate surface area is 120 Å². The Morgan fingerprint density at radius 3 is 2.67 bits per heavy atom. The highest BCUT2D eigenvalue weighted by atomic mass is 19.1. The van der Waals surface area contributed by atoms with Crippen molar-refractivity contribution in [1.82, 2.24) is 15.5 Å². The van der Waals surface area contributed by atoms with Crippen LogP contribution < -0.4 is 10.6 Å². The van der Waals surface area contributed by atoms with Gasteiger partial charge < -0.3 is 15.5 Å². The maximum atomic E-state index is 13.7. The first-order valence-corrected chi connectivity index (χ1v) is 6.83. The summed E-state index contributed by atoms with van der Waals surface area (Å²) in [6, 6.07) is 2.40. The zero-order valence-electron chi connectivity index (χ0n) is 11.2. The van der Waals surface area contributed by atoms with Gasteiger partial charge >= 0.3 is 6.03 Å². The molecule has 2 N–H and O–H groups in total. The predicted molar refractivity (Wildman–Crippen MR) is 70.3 cm³/mol. The molecule has 5 nitrogen and oxygen atoms in total. The van der Waals surface area contributed by atoms with Crippen molar-refractivity contribution in [2.24, 2.45) is 0 Å². The fraction of sp³-hybridized carbons (Fsp3) is 0.429. The molecule has 0 spiro atoms. The summed E-state index contributed by atoms with van der Waals surface area (Å²) in [5, 5.41) is 5.06. The van der Waals surface area contributed by atoms with Gasteiger partial charge in [0.2, 0.25) is 5.91 Å². The van der Waals surface area contributed by atoms with Crippen molar-refractivity contribution < 1.29 is 18.4 Å². The quantitative estimate of drug-likeness (QED) is 0.875. The Hall–Kier alpha value is -2.18. The van der Waals surface area contributed by atoms with E-state index in [1.807, 2.05) is 0 Å². The molecule has 3 amide bonds. The van der Waals surface area contributed by atoms with E-state index in [-0.39, 0.29) is 36.6 Å². The highest BCUT2D eigenvalue weighted by Gasteiger charge is 2.38. The first-order chi connectivity index (χ1) is 10.0. The number of rotatable bonds is 4. The molecule has 2 aliphatic rings. The Morgan fingerprint density at radius 2 is 2.10 bits per heavy atom. The van der Waals surface area contributed by atoms with Crippen LogP contribution in [0.3, 0.4) is 0 Å². The second-order valence-corrected chi connectivity index (χ2v) is 5.34. The average Bonchev–Trinajstić information content (AvgIpc) is 3.18. The van der Waals surface area contributed by atoms with Crippen LogP contribution in [-0.2, 0) is 11.3 Å². The molecule has 7 heteroatoms. The van der Waals surface area contributed by atoms with Crippen LogP contribution in [0, 0.1) is 11.6 Å². The predicted octanol–water partition coefficient (Wildman–Crippen LogP) is 1.14. The molecule has 1 aromatic rings. The molecule has 0 aromatic heterocycles. The lowest BCUT2D eigenvalue weighted by atomic mass is 10.1. The first-order valence-electron chi connectivity index (χ1n) is 6.83. The van der Waals surface area contributed by atoms with Crippen molar-refractivity contribution >= 4 is 11.9 Å². The Morgan fingerprint density at radius 1 is 1.33 bits per heavy atom. The first kappa shape index (κ1) is 13.8. The van der Waals surface area contributed by atoms with Gasteiger partial charge in [0.1, 0.15) is 17.7 Å². The summed E-state index contributed by atoms with van der Waals surface area (Å²) in [6.07, 6.45) is 1.73. The second-order valence-electron chi connectivity index (χ2n) is 5.34. The molecular formula is C14H15F2N3O2. The van der Waals surface area contributed by atoms with E-state index in [9.17, 15) is 18.4 Å². The van der Waals surface area contributed by atoms with E-state index in [0.717, 1.165) is 18.9 Å². The fourth-order valence-electron chi connectivity index (χ4n) is 2.41. The molecule has 1 saturated carbocycles. The topological polar surface area (TPSA) is 61.4 Å². The van der Waals surface area contributed by atoms with Crippen LogP contribution in [0.2, 0.25) is 0 Å². The maximum absolute atomic E-state index is 13.7. The van der Waals surface area contributed by atoms with Gasteiger partial charge in [0.25, 0.3) is 0 Å². The van der Waals surface area contributed by atoms with Gasteiger partial charge in [0, 0.05) is 30.8 Å². The molecule has 1 aromatic carbocycles. The number of hydrogen-bond donors (Lipinski definition) is 2. The Balaban J connectivity index is 1.75. The van der Waals surface area contributed by atoms with Crippen molar-refractivity contribution in [3.63, 3.8) is 0 Å². The normalized spacial score (nSPS) is 20.9. The van der Waals surface area contributed by atoms with Gasteiger partial charge in [-0.2, -0.15) is 0 Å². The number of halogens is 2. The molecule has 1 aliphatic heterocycles. The molecule has 0 unspecified atom stereocenters. The van der Waals surface area contributed by atoms with Crippen LogP contribution in [0.4, 0.5) is 13.6 Å². The van der Waals surface area contributed by atoms with E-state index < -0.39 is 17.7 Å². The molecule has 1 heterocycles. The Bertz CT molecular complexity index is 590. The van der Waals surface area contributed by atoms with Crippen molar-refractivity contribution in [3.8, 4) is 0 Å². The fourth-order valence-corrected chi connectivity index (χ4v) is 2.41. The van der Waals surface area contributed by atoms with Crippen LogP contribution in [0.15, 0.2) is 18.2 Å². The van der Waals surface area contributed by atoms with E-state index in [0.29, 0.717) is 0 Å². The van der Waals surface area contributed by atoms with E-state index in [4.69, 9.17) is 0 Å². The van der Waals surface area contributed by atoms with Crippen LogP contribution in [-0.4, -0.2) is 35.5 Å². The number of carbonyl (C=O) groups excluding carboxylic acids is 2.